The molecule has 0 spiro atoms. The lowest BCUT2D eigenvalue weighted by Gasteiger charge is -2.33. The second-order valence-electron chi connectivity index (χ2n) is 11.8. The van der Waals surface area contributed by atoms with Crippen molar-refractivity contribution in [2.45, 2.75) is 98.4 Å². The van der Waals surface area contributed by atoms with E-state index in [0.717, 1.165) is 65.1 Å². The Kier molecular flexibility index (Phi) is 6.00. The van der Waals surface area contributed by atoms with Gasteiger partial charge in [-0.3, -0.25) is 0 Å². The summed E-state index contributed by atoms with van der Waals surface area (Å²) in [6.45, 7) is 12.7. The van der Waals surface area contributed by atoms with Crippen molar-refractivity contribution in [3.8, 4) is 0 Å². The molecule has 0 heterocycles. The molecule has 1 nitrogen and oxygen atoms in total. The third kappa shape index (κ3) is 4.29. The van der Waals surface area contributed by atoms with Crippen LogP contribution >= 0.6 is 0 Å². The predicted molar refractivity (Wildman–Crippen MR) is 116 cm³/mol. The standard InChI is InChI=1S/C26H47N/c1-6-15(2)11-16(3)26(24-13-20(24)17(4)22-14-25(22)27)18(5)21-12-23(21)19-9-7-8-10-19/h15-26H,6-14,27H2,1-5H3. The molecule has 0 saturated heterocycles. The summed E-state index contributed by atoms with van der Waals surface area (Å²) < 4.78 is 0. The van der Waals surface area contributed by atoms with Crippen LogP contribution in [-0.2, 0) is 0 Å². The highest BCUT2D eigenvalue weighted by atomic mass is 14.8. The molecule has 4 saturated carbocycles. The molecule has 0 aromatic heterocycles. The highest BCUT2D eigenvalue weighted by Gasteiger charge is 2.57. The topological polar surface area (TPSA) is 26.0 Å². The second-order valence-corrected chi connectivity index (χ2v) is 11.8. The van der Waals surface area contributed by atoms with Crippen molar-refractivity contribution >= 4 is 0 Å². The van der Waals surface area contributed by atoms with Gasteiger partial charge in [0.05, 0.1) is 0 Å². The minimum atomic E-state index is 0.532. The van der Waals surface area contributed by atoms with Gasteiger partial charge >= 0.3 is 0 Å². The SMILES string of the molecule is CCC(C)CC(C)C(C(C)C1CC1C1CCCC1)C1CC1C(C)C1CC1N. The average Bonchev–Trinajstić information content (AvgIpc) is 3.58. The summed E-state index contributed by atoms with van der Waals surface area (Å²) in [6, 6.07) is 0.532. The maximum atomic E-state index is 6.20. The van der Waals surface area contributed by atoms with Crippen LogP contribution in [-0.4, -0.2) is 6.04 Å². The molecule has 2 N–H and O–H groups in total. The van der Waals surface area contributed by atoms with Crippen LogP contribution in [0.2, 0.25) is 0 Å². The average molecular weight is 374 g/mol. The number of hydrogen-bond acceptors (Lipinski definition) is 1. The number of rotatable bonds is 10. The molecule has 0 aliphatic heterocycles. The van der Waals surface area contributed by atoms with E-state index in [1.54, 1.807) is 19.3 Å². The first-order valence-electron chi connectivity index (χ1n) is 12.7. The fraction of sp³-hybridized carbons (Fsp3) is 1.00. The van der Waals surface area contributed by atoms with Crippen LogP contribution in [0.4, 0.5) is 0 Å². The van der Waals surface area contributed by atoms with Crippen LogP contribution in [0.15, 0.2) is 0 Å². The van der Waals surface area contributed by atoms with Gasteiger partial charge in [0.2, 0.25) is 0 Å². The monoisotopic (exact) mass is 373 g/mol. The molecule has 11 unspecified atom stereocenters. The molecule has 27 heavy (non-hydrogen) atoms. The Balaban J connectivity index is 1.40. The van der Waals surface area contributed by atoms with Gasteiger partial charge in [0.1, 0.15) is 0 Å². The summed E-state index contributed by atoms with van der Waals surface area (Å²) in [5.41, 5.74) is 6.20. The van der Waals surface area contributed by atoms with Gasteiger partial charge in [-0.2, -0.15) is 0 Å². The maximum absolute atomic E-state index is 6.20. The Morgan fingerprint density at radius 3 is 2.11 bits per heavy atom. The second kappa shape index (κ2) is 8.00. The van der Waals surface area contributed by atoms with Crippen LogP contribution in [0.5, 0.6) is 0 Å². The fourth-order valence-corrected chi connectivity index (χ4v) is 7.78. The molecule has 4 aliphatic carbocycles. The molecule has 0 aromatic rings. The van der Waals surface area contributed by atoms with Crippen molar-refractivity contribution in [1.29, 1.82) is 0 Å². The summed E-state index contributed by atoms with van der Waals surface area (Å²) in [4.78, 5) is 0. The van der Waals surface area contributed by atoms with Crippen LogP contribution < -0.4 is 5.73 Å². The molecule has 0 bridgehead atoms. The molecule has 0 amide bonds. The molecule has 1 heteroatoms. The first-order valence-corrected chi connectivity index (χ1v) is 12.7. The minimum Gasteiger partial charge on any atom is -0.327 e. The smallest absolute Gasteiger partial charge is 0.00737 e. The molecular weight excluding hydrogens is 326 g/mol. The van der Waals surface area contributed by atoms with E-state index in [9.17, 15) is 0 Å². The van der Waals surface area contributed by atoms with Gasteiger partial charge in [0, 0.05) is 6.04 Å². The predicted octanol–water partition coefficient (Wildman–Crippen LogP) is 6.76. The highest BCUT2D eigenvalue weighted by Crippen LogP contribution is 2.63. The van der Waals surface area contributed by atoms with Gasteiger partial charge in [-0.05, 0) is 90.8 Å². The molecule has 156 valence electrons. The van der Waals surface area contributed by atoms with Gasteiger partial charge in [-0.15, -0.1) is 0 Å². The number of hydrogen-bond donors (Lipinski definition) is 1. The lowest BCUT2D eigenvalue weighted by atomic mass is 9.72. The van der Waals surface area contributed by atoms with E-state index in [1.807, 2.05) is 0 Å². The van der Waals surface area contributed by atoms with Crippen LogP contribution in [0, 0.1) is 65.1 Å². The first-order chi connectivity index (χ1) is 12.9. The molecular formula is C26H47N. The van der Waals surface area contributed by atoms with Gasteiger partial charge in [-0.25, -0.2) is 0 Å². The Morgan fingerprint density at radius 1 is 0.852 bits per heavy atom. The van der Waals surface area contributed by atoms with E-state index in [4.69, 9.17) is 5.73 Å². The Labute approximate surface area is 169 Å². The van der Waals surface area contributed by atoms with Crippen molar-refractivity contribution in [2.75, 3.05) is 0 Å². The molecule has 4 rings (SSSR count). The number of nitrogens with two attached hydrogens (primary N) is 1. The Bertz CT molecular complexity index is 494. The maximum Gasteiger partial charge on any atom is 0.00737 e. The first kappa shape index (κ1) is 20.2. The zero-order valence-electron chi connectivity index (χ0n) is 18.9. The quantitative estimate of drug-likeness (QED) is 0.450. The Morgan fingerprint density at radius 2 is 1.52 bits per heavy atom. The summed E-state index contributed by atoms with van der Waals surface area (Å²) in [5.74, 6) is 10.8. The zero-order valence-corrected chi connectivity index (χ0v) is 18.9. The molecule has 0 aromatic carbocycles. The summed E-state index contributed by atoms with van der Waals surface area (Å²) in [5, 5.41) is 0. The summed E-state index contributed by atoms with van der Waals surface area (Å²) in [6.07, 6.45) is 13.3. The van der Waals surface area contributed by atoms with E-state index in [1.165, 1.54) is 38.5 Å². The van der Waals surface area contributed by atoms with Crippen LogP contribution in [0.25, 0.3) is 0 Å². The van der Waals surface area contributed by atoms with E-state index in [-0.39, 0.29) is 0 Å². The van der Waals surface area contributed by atoms with E-state index in [2.05, 4.69) is 34.6 Å². The van der Waals surface area contributed by atoms with E-state index >= 15 is 0 Å². The highest BCUT2D eigenvalue weighted by molar-refractivity contribution is 5.06. The lowest BCUT2D eigenvalue weighted by molar-refractivity contribution is 0.152. The van der Waals surface area contributed by atoms with Gasteiger partial charge in [-0.1, -0.05) is 66.7 Å². The molecule has 4 aliphatic rings. The zero-order chi connectivity index (χ0) is 19.3. The third-order valence-electron chi connectivity index (χ3n) is 9.93. The third-order valence-corrected chi connectivity index (χ3v) is 9.93. The molecule has 0 radical (unpaired) electrons. The normalized spacial score (nSPS) is 43.8. The van der Waals surface area contributed by atoms with Crippen molar-refractivity contribution in [3.63, 3.8) is 0 Å². The van der Waals surface area contributed by atoms with Crippen LogP contribution in [0.1, 0.15) is 92.4 Å². The Hall–Kier alpha value is -0.0400. The molecule has 11 atom stereocenters. The van der Waals surface area contributed by atoms with Gasteiger partial charge in [0.25, 0.3) is 0 Å². The van der Waals surface area contributed by atoms with Crippen LogP contribution in [0.3, 0.4) is 0 Å². The van der Waals surface area contributed by atoms with E-state index in [0.29, 0.717) is 6.04 Å². The van der Waals surface area contributed by atoms with Gasteiger partial charge in [0.15, 0.2) is 0 Å². The van der Waals surface area contributed by atoms with Gasteiger partial charge < -0.3 is 5.73 Å². The lowest BCUT2D eigenvalue weighted by Crippen LogP contribution is -2.27. The summed E-state index contributed by atoms with van der Waals surface area (Å²) >= 11 is 0. The summed E-state index contributed by atoms with van der Waals surface area (Å²) in [7, 11) is 0. The van der Waals surface area contributed by atoms with Crippen molar-refractivity contribution < 1.29 is 0 Å². The van der Waals surface area contributed by atoms with Crippen molar-refractivity contribution in [2.24, 2.45) is 70.8 Å². The molecule has 4 fully saturated rings. The fourth-order valence-electron chi connectivity index (χ4n) is 7.78. The van der Waals surface area contributed by atoms with Crippen molar-refractivity contribution in [3.05, 3.63) is 0 Å². The largest absolute Gasteiger partial charge is 0.327 e. The minimum absolute atomic E-state index is 0.532. The van der Waals surface area contributed by atoms with Crippen molar-refractivity contribution in [1.82, 2.24) is 0 Å². The van der Waals surface area contributed by atoms with E-state index < -0.39 is 0 Å².